The van der Waals surface area contributed by atoms with E-state index in [-0.39, 0.29) is 5.56 Å². The lowest BCUT2D eigenvalue weighted by Gasteiger charge is -2.22. The molecule has 0 aliphatic heterocycles. The van der Waals surface area contributed by atoms with Gasteiger partial charge in [-0.1, -0.05) is 32.8 Å². The van der Waals surface area contributed by atoms with Crippen LogP contribution in [0, 0.1) is 13.8 Å². The van der Waals surface area contributed by atoms with Crippen molar-refractivity contribution in [3.8, 4) is 0 Å². The number of fused-ring (bicyclic) bond motifs is 1. The highest BCUT2D eigenvalue weighted by Crippen LogP contribution is 2.30. The monoisotopic (exact) mass is 449 g/mol. The zero-order chi connectivity index (χ0) is 24.0. The molecule has 33 heavy (non-hydrogen) atoms. The van der Waals surface area contributed by atoms with Crippen molar-refractivity contribution in [1.82, 2.24) is 14.6 Å². The molecule has 178 valence electrons. The van der Waals surface area contributed by atoms with Gasteiger partial charge in [0.2, 0.25) is 0 Å². The molecule has 2 N–H and O–H groups in total. The van der Waals surface area contributed by atoms with E-state index in [1.54, 1.807) is 4.52 Å². The summed E-state index contributed by atoms with van der Waals surface area (Å²) in [6, 6.07) is 6.48. The normalized spacial score (nSPS) is 11.6. The second-order valence-electron chi connectivity index (χ2n) is 8.63. The smallest absolute Gasteiger partial charge is 0.276 e. The van der Waals surface area contributed by atoms with E-state index >= 15 is 0 Å². The number of anilines is 3. The molecule has 0 aliphatic carbocycles. The number of nitrogens with one attached hydrogen (secondary N) is 2. The summed E-state index contributed by atoms with van der Waals surface area (Å²) < 4.78 is 1.60. The van der Waals surface area contributed by atoms with Gasteiger partial charge in [0, 0.05) is 35.7 Å². The summed E-state index contributed by atoms with van der Waals surface area (Å²) in [5, 5.41) is 6.89. The molecule has 0 radical (unpaired) electrons. The molecule has 0 unspecified atom stereocenters. The van der Waals surface area contributed by atoms with Crippen molar-refractivity contribution in [2.75, 3.05) is 23.3 Å². The van der Waals surface area contributed by atoms with Crippen LogP contribution in [-0.4, -0.2) is 27.7 Å². The molecular formula is C27H39N5O. The number of benzene rings is 1. The summed E-state index contributed by atoms with van der Waals surface area (Å²) in [7, 11) is 0. The van der Waals surface area contributed by atoms with Crippen LogP contribution in [0.1, 0.15) is 75.9 Å². The van der Waals surface area contributed by atoms with Crippen LogP contribution < -0.4 is 15.8 Å². The molecule has 6 heteroatoms. The SMILES string of the molecule is CCC/C=C/c1[nH]n2c(=O)c(CCCC)c(C)nc2c1Nc1ccc(N(CC)CC)cc1C. The lowest BCUT2D eigenvalue weighted by Crippen LogP contribution is -2.22. The fourth-order valence-electron chi connectivity index (χ4n) is 4.19. The Bertz CT molecular complexity index is 1170. The number of aryl methyl sites for hydroxylation is 2. The van der Waals surface area contributed by atoms with Gasteiger partial charge >= 0.3 is 0 Å². The zero-order valence-electron chi connectivity index (χ0n) is 21.1. The zero-order valence-corrected chi connectivity index (χ0v) is 21.1. The molecule has 2 aromatic heterocycles. The van der Waals surface area contributed by atoms with E-state index in [2.05, 4.69) is 80.3 Å². The van der Waals surface area contributed by atoms with E-state index in [0.717, 1.165) is 79.1 Å². The van der Waals surface area contributed by atoms with Crippen LogP contribution in [0.15, 0.2) is 29.1 Å². The third-order valence-electron chi connectivity index (χ3n) is 6.23. The molecule has 3 rings (SSSR count). The maximum atomic E-state index is 13.3. The minimum atomic E-state index is -0.00209. The van der Waals surface area contributed by atoms with Crippen LogP contribution in [-0.2, 0) is 6.42 Å². The average Bonchev–Trinajstić information content (AvgIpc) is 3.13. The summed E-state index contributed by atoms with van der Waals surface area (Å²) in [5.74, 6) is 0. The number of aromatic nitrogens is 3. The Morgan fingerprint density at radius 2 is 1.88 bits per heavy atom. The number of unbranched alkanes of at least 4 members (excludes halogenated alkanes) is 2. The Labute approximate surface area is 197 Å². The van der Waals surface area contributed by atoms with E-state index in [1.165, 1.54) is 5.69 Å². The highest BCUT2D eigenvalue weighted by atomic mass is 16.1. The first-order valence-corrected chi connectivity index (χ1v) is 12.4. The van der Waals surface area contributed by atoms with Crippen molar-refractivity contribution < 1.29 is 0 Å². The molecule has 0 saturated carbocycles. The van der Waals surface area contributed by atoms with Gasteiger partial charge in [-0.2, -0.15) is 4.52 Å². The van der Waals surface area contributed by atoms with Crippen molar-refractivity contribution >= 4 is 28.8 Å². The van der Waals surface area contributed by atoms with E-state index in [0.29, 0.717) is 5.65 Å². The number of rotatable bonds is 11. The molecule has 6 nitrogen and oxygen atoms in total. The average molecular weight is 450 g/mol. The maximum absolute atomic E-state index is 13.3. The first kappa shape index (κ1) is 24.6. The van der Waals surface area contributed by atoms with Crippen molar-refractivity contribution in [1.29, 1.82) is 0 Å². The maximum Gasteiger partial charge on any atom is 0.276 e. The van der Waals surface area contributed by atoms with E-state index < -0.39 is 0 Å². The van der Waals surface area contributed by atoms with Crippen LogP contribution in [0.5, 0.6) is 0 Å². The van der Waals surface area contributed by atoms with Crippen LogP contribution in [0.3, 0.4) is 0 Å². The summed E-state index contributed by atoms with van der Waals surface area (Å²) in [6.45, 7) is 14.7. The first-order chi connectivity index (χ1) is 15.9. The van der Waals surface area contributed by atoms with Gasteiger partial charge in [0.1, 0.15) is 5.69 Å². The third kappa shape index (κ3) is 5.32. The second kappa shape index (κ2) is 11.2. The minimum Gasteiger partial charge on any atom is -0.372 e. The van der Waals surface area contributed by atoms with Gasteiger partial charge < -0.3 is 10.2 Å². The molecule has 0 spiro atoms. The standard InChI is InChI=1S/C27H39N5O/c1-7-11-13-15-24-25(29-23-17-16-21(18-19(23)5)31(9-3)10-4)26-28-20(6)22(14-12-8-2)27(33)32(26)30-24/h13,15-18,29-30H,7-12,14H2,1-6H3/b15-13+. The fraction of sp³-hybridized carbons (Fsp3) is 0.481. The molecule has 0 amide bonds. The largest absolute Gasteiger partial charge is 0.372 e. The van der Waals surface area contributed by atoms with Crippen molar-refractivity contribution in [3.63, 3.8) is 0 Å². The lowest BCUT2D eigenvalue weighted by atomic mass is 10.1. The first-order valence-electron chi connectivity index (χ1n) is 12.4. The van der Waals surface area contributed by atoms with Crippen molar-refractivity contribution in [2.45, 2.75) is 73.6 Å². The number of hydrogen-bond acceptors (Lipinski definition) is 4. The Kier molecular flexibility index (Phi) is 8.37. The van der Waals surface area contributed by atoms with Crippen molar-refractivity contribution in [3.05, 3.63) is 57.1 Å². The second-order valence-corrected chi connectivity index (χ2v) is 8.63. The summed E-state index contributed by atoms with van der Waals surface area (Å²) in [5.41, 5.74) is 7.34. The van der Waals surface area contributed by atoms with Gasteiger partial charge in [0.15, 0.2) is 5.65 Å². The summed E-state index contributed by atoms with van der Waals surface area (Å²) in [4.78, 5) is 20.5. The minimum absolute atomic E-state index is 0.00209. The van der Waals surface area contributed by atoms with Crippen LogP contribution in [0.2, 0.25) is 0 Å². The Balaban J connectivity index is 2.10. The number of allylic oxidation sites excluding steroid dienone is 1. The molecular weight excluding hydrogens is 410 g/mol. The van der Waals surface area contributed by atoms with Gasteiger partial charge in [-0.15, -0.1) is 0 Å². The number of aromatic amines is 1. The predicted molar refractivity (Wildman–Crippen MR) is 141 cm³/mol. The van der Waals surface area contributed by atoms with Crippen LogP contribution in [0.4, 0.5) is 17.1 Å². The molecule has 0 saturated heterocycles. The van der Waals surface area contributed by atoms with Crippen LogP contribution >= 0.6 is 0 Å². The predicted octanol–water partition coefficient (Wildman–Crippen LogP) is 6.39. The topological polar surface area (TPSA) is 65.4 Å². The fourth-order valence-corrected chi connectivity index (χ4v) is 4.19. The number of H-pyrrole nitrogens is 1. The Hall–Kier alpha value is -3.02. The van der Waals surface area contributed by atoms with E-state index in [9.17, 15) is 4.79 Å². The highest BCUT2D eigenvalue weighted by Gasteiger charge is 2.18. The van der Waals surface area contributed by atoms with E-state index in [1.807, 2.05) is 6.92 Å². The van der Waals surface area contributed by atoms with Gasteiger partial charge in [0.05, 0.1) is 5.69 Å². The summed E-state index contributed by atoms with van der Waals surface area (Å²) >= 11 is 0. The molecule has 0 aliphatic rings. The quantitative estimate of drug-likeness (QED) is 0.356. The molecule has 0 bridgehead atoms. The van der Waals surface area contributed by atoms with Crippen LogP contribution in [0.25, 0.3) is 11.7 Å². The molecule has 3 aromatic rings. The number of hydrogen-bond donors (Lipinski definition) is 2. The van der Waals surface area contributed by atoms with Gasteiger partial charge in [0.25, 0.3) is 5.56 Å². The van der Waals surface area contributed by atoms with Gasteiger partial charge in [-0.05, 0) is 76.8 Å². The Morgan fingerprint density at radius 1 is 1.12 bits per heavy atom. The molecule has 2 heterocycles. The van der Waals surface area contributed by atoms with Crippen molar-refractivity contribution in [2.24, 2.45) is 0 Å². The third-order valence-corrected chi connectivity index (χ3v) is 6.23. The van der Waals surface area contributed by atoms with Gasteiger partial charge in [-0.3, -0.25) is 9.89 Å². The summed E-state index contributed by atoms with van der Waals surface area (Å²) in [6.07, 6.45) is 9.04. The Morgan fingerprint density at radius 3 is 2.52 bits per heavy atom. The highest BCUT2D eigenvalue weighted by molar-refractivity contribution is 5.83. The molecule has 0 atom stereocenters. The molecule has 0 fully saturated rings. The van der Waals surface area contributed by atoms with Gasteiger partial charge in [-0.25, -0.2) is 4.98 Å². The molecule has 1 aromatic carbocycles. The lowest BCUT2D eigenvalue weighted by molar-refractivity contribution is 0.759. The number of nitrogens with zero attached hydrogens (tertiary/aromatic N) is 3. The van der Waals surface area contributed by atoms with E-state index in [4.69, 9.17) is 4.98 Å².